The molecule has 2 amide bonds. The van der Waals surface area contributed by atoms with Crippen LogP contribution in [-0.4, -0.2) is 71.5 Å². The number of carboxylic acid groups (broad SMARTS) is 1. The number of phenols is 1. The van der Waals surface area contributed by atoms with Crippen molar-refractivity contribution >= 4 is 29.5 Å². The molecule has 0 saturated carbocycles. The lowest BCUT2D eigenvalue weighted by Crippen LogP contribution is -2.71. The van der Waals surface area contributed by atoms with E-state index in [1.54, 1.807) is 13.8 Å². The molecule has 2 aliphatic heterocycles. The topological polar surface area (TPSA) is 227 Å². The largest absolute Gasteiger partial charge is 0.508 e. The van der Waals surface area contributed by atoms with E-state index in [-0.39, 0.29) is 22.2 Å². The molecule has 3 rings (SSSR count). The number of aliphatic carboxylic acids is 1. The number of hydrogen-bond donors (Lipinski definition) is 4. The van der Waals surface area contributed by atoms with Gasteiger partial charge in [-0.2, -0.15) is 0 Å². The summed E-state index contributed by atoms with van der Waals surface area (Å²) in [4.78, 5) is 37.5. The van der Waals surface area contributed by atoms with Crippen molar-refractivity contribution in [3.8, 4) is 5.75 Å². The van der Waals surface area contributed by atoms with Crippen molar-refractivity contribution in [1.29, 1.82) is 0 Å². The number of nitrogens with zero attached hydrogens (tertiary/aromatic N) is 1. The number of thioether (sulfide) groups is 1. The Labute approximate surface area is 164 Å². The second-order valence-electron chi connectivity index (χ2n) is 6.65. The first-order valence-electron chi connectivity index (χ1n) is 7.71. The minimum atomic E-state index is -1.06. The molecule has 1 aromatic rings. The summed E-state index contributed by atoms with van der Waals surface area (Å²) < 4.78 is -0.648. The lowest BCUT2D eigenvalue weighted by Gasteiger charge is -2.43. The van der Waals surface area contributed by atoms with Gasteiger partial charge in [-0.3, -0.25) is 9.59 Å². The molecule has 2 aliphatic rings. The predicted molar refractivity (Wildman–Crippen MR) is 102 cm³/mol. The molecule has 2 saturated heterocycles. The smallest absolute Gasteiger partial charge is 0.327 e. The summed E-state index contributed by atoms with van der Waals surface area (Å²) in [6.45, 7) is 3.53. The van der Waals surface area contributed by atoms with Gasteiger partial charge in [-0.25, -0.2) is 4.79 Å². The number of nitrogens with one attached hydrogen (secondary N) is 1. The third-order valence-corrected chi connectivity index (χ3v) is 6.08. The van der Waals surface area contributed by atoms with E-state index >= 15 is 0 Å². The second-order valence-corrected chi connectivity index (χ2v) is 8.42. The highest BCUT2D eigenvalue weighted by molar-refractivity contribution is 8.01. The van der Waals surface area contributed by atoms with Crippen molar-refractivity contribution in [3.63, 3.8) is 0 Å². The molecule has 2 fully saturated rings. The molecular formula is C16H25N3O8S. The van der Waals surface area contributed by atoms with Crippen LogP contribution in [0.1, 0.15) is 25.5 Å². The Bertz CT molecular complexity index is 742. The fraction of sp³-hybridized carbons (Fsp3) is 0.438. The van der Waals surface area contributed by atoms with Gasteiger partial charge in [-0.15, -0.1) is 11.8 Å². The molecule has 11 N–H and O–H groups in total. The highest BCUT2D eigenvalue weighted by atomic mass is 32.2. The van der Waals surface area contributed by atoms with E-state index in [1.165, 1.54) is 40.9 Å². The van der Waals surface area contributed by atoms with E-state index < -0.39 is 46.0 Å². The molecule has 0 spiro atoms. The van der Waals surface area contributed by atoms with Crippen molar-refractivity contribution < 1.29 is 41.0 Å². The minimum absolute atomic E-state index is 0. The average Bonchev–Trinajstić information content (AvgIpc) is 2.80. The summed E-state index contributed by atoms with van der Waals surface area (Å²) in [5.74, 6) is -1.94. The van der Waals surface area contributed by atoms with Gasteiger partial charge in [0.2, 0.25) is 11.8 Å². The molecule has 11 nitrogen and oxygen atoms in total. The van der Waals surface area contributed by atoms with Gasteiger partial charge < -0.3 is 42.6 Å². The lowest BCUT2D eigenvalue weighted by molar-refractivity contribution is -0.161. The SMILES string of the molecule is CC1(C)S[C@@H]2[C@@H](NC(=O)[C@@H](N)c3ccc(O)cc3)C(=O)N2[C@H]1C(=O)O.O.O.O. The van der Waals surface area contributed by atoms with Gasteiger partial charge in [0.25, 0.3) is 0 Å². The van der Waals surface area contributed by atoms with Crippen molar-refractivity contribution in [3.05, 3.63) is 29.8 Å². The summed E-state index contributed by atoms with van der Waals surface area (Å²) in [6.07, 6.45) is 0. The summed E-state index contributed by atoms with van der Waals surface area (Å²) in [6, 6.07) is 3.21. The number of carbonyl (C=O) groups is 3. The number of β-lactam (4-membered cyclic amide) rings is 1. The Morgan fingerprint density at radius 3 is 2.25 bits per heavy atom. The molecule has 0 aromatic heterocycles. The number of carboxylic acids is 1. The van der Waals surface area contributed by atoms with Crippen LogP contribution in [0.2, 0.25) is 0 Å². The Morgan fingerprint density at radius 1 is 1.21 bits per heavy atom. The van der Waals surface area contributed by atoms with Gasteiger partial charge in [0.05, 0.1) is 0 Å². The summed E-state index contributed by atoms with van der Waals surface area (Å²) in [5.41, 5.74) is 6.41. The van der Waals surface area contributed by atoms with Crippen molar-refractivity contribution in [2.24, 2.45) is 5.73 Å². The number of fused-ring (bicyclic) bond motifs is 1. The van der Waals surface area contributed by atoms with E-state index in [1.807, 2.05) is 0 Å². The molecule has 1 aromatic carbocycles. The molecule has 0 radical (unpaired) electrons. The van der Waals surface area contributed by atoms with Crippen LogP contribution >= 0.6 is 11.8 Å². The number of benzene rings is 1. The highest BCUT2D eigenvalue weighted by Gasteiger charge is 2.64. The maximum Gasteiger partial charge on any atom is 0.327 e. The fourth-order valence-corrected chi connectivity index (χ4v) is 4.85. The number of rotatable bonds is 4. The number of nitrogens with two attached hydrogens (primary N) is 1. The van der Waals surface area contributed by atoms with Crippen LogP contribution in [-0.2, 0) is 14.4 Å². The predicted octanol–water partition coefficient (Wildman–Crippen LogP) is -2.45. The van der Waals surface area contributed by atoms with Crippen molar-refractivity contribution in [1.82, 2.24) is 10.2 Å². The molecule has 12 heteroatoms. The van der Waals surface area contributed by atoms with Crippen LogP contribution in [0.3, 0.4) is 0 Å². The van der Waals surface area contributed by atoms with E-state index in [4.69, 9.17) is 5.73 Å². The third-order valence-electron chi connectivity index (χ3n) is 4.51. The quantitative estimate of drug-likeness (QED) is 0.384. The van der Waals surface area contributed by atoms with Crippen LogP contribution < -0.4 is 11.1 Å². The monoisotopic (exact) mass is 419 g/mol. The summed E-state index contributed by atoms with van der Waals surface area (Å²) in [5, 5.41) is 20.9. The van der Waals surface area contributed by atoms with Gasteiger partial charge >= 0.3 is 5.97 Å². The number of amides is 2. The standard InChI is InChI=1S/C16H19N3O5S.3H2O/c1-16(2)11(15(23)24)19-13(22)10(14(19)25-16)18-12(21)9(17)7-3-5-8(20)6-4-7;;;/h3-6,9-11,14,20H,17H2,1-2H3,(H,18,21)(H,23,24);3*1H2/t9-,10-,11-,14+;;;/m0.../s1. The first kappa shape index (κ1) is 25.6. The Hall–Kier alpha value is -2.38. The highest BCUT2D eigenvalue weighted by Crippen LogP contribution is 2.50. The molecule has 0 bridgehead atoms. The Morgan fingerprint density at radius 2 is 1.75 bits per heavy atom. The minimum Gasteiger partial charge on any atom is -0.508 e. The molecule has 0 aliphatic carbocycles. The van der Waals surface area contributed by atoms with Gasteiger partial charge in [-0.05, 0) is 31.5 Å². The van der Waals surface area contributed by atoms with Crippen LogP contribution in [0, 0.1) is 0 Å². The molecular weight excluding hydrogens is 394 g/mol. The van der Waals surface area contributed by atoms with Crippen LogP contribution in [0.5, 0.6) is 5.75 Å². The molecule has 0 unspecified atom stereocenters. The van der Waals surface area contributed by atoms with Crippen LogP contribution in [0.25, 0.3) is 0 Å². The van der Waals surface area contributed by atoms with Gasteiger partial charge in [0.1, 0.15) is 29.2 Å². The molecule has 158 valence electrons. The van der Waals surface area contributed by atoms with Gasteiger partial charge in [0.15, 0.2) is 0 Å². The zero-order valence-corrected chi connectivity index (χ0v) is 16.0. The fourth-order valence-electron chi connectivity index (χ4n) is 3.22. The van der Waals surface area contributed by atoms with E-state index in [0.717, 1.165) is 0 Å². The van der Waals surface area contributed by atoms with Crippen molar-refractivity contribution in [2.75, 3.05) is 0 Å². The normalized spacial score (nSPS) is 25.0. The summed E-state index contributed by atoms with van der Waals surface area (Å²) in [7, 11) is 0. The van der Waals surface area contributed by atoms with Crippen LogP contribution in [0.15, 0.2) is 24.3 Å². The number of aromatic hydroxyl groups is 1. The first-order valence-corrected chi connectivity index (χ1v) is 8.59. The van der Waals surface area contributed by atoms with E-state index in [2.05, 4.69) is 5.32 Å². The van der Waals surface area contributed by atoms with E-state index in [9.17, 15) is 24.6 Å². The number of phenolic OH excluding ortho intramolecular Hbond substituents is 1. The first-order chi connectivity index (χ1) is 11.6. The number of hydrogen-bond acceptors (Lipinski definition) is 6. The summed E-state index contributed by atoms with van der Waals surface area (Å²) >= 11 is 1.35. The zero-order valence-electron chi connectivity index (χ0n) is 15.2. The number of carbonyl (C=O) groups excluding carboxylic acids is 2. The Kier molecular flexibility index (Phi) is 8.01. The van der Waals surface area contributed by atoms with Gasteiger partial charge in [-0.1, -0.05) is 12.1 Å². The van der Waals surface area contributed by atoms with Crippen molar-refractivity contribution in [2.45, 2.75) is 42.1 Å². The maximum atomic E-state index is 12.3. The van der Waals surface area contributed by atoms with E-state index in [0.29, 0.717) is 5.56 Å². The molecule has 28 heavy (non-hydrogen) atoms. The van der Waals surface area contributed by atoms with Crippen LogP contribution in [0.4, 0.5) is 0 Å². The lowest BCUT2D eigenvalue weighted by atomic mass is 9.95. The molecule has 2 heterocycles. The maximum absolute atomic E-state index is 12.3. The second kappa shape index (κ2) is 8.75. The van der Waals surface area contributed by atoms with Gasteiger partial charge in [0, 0.05) is 4.75 Å². The third kappa shape index (κ3) is 4.05. The Balaban J connectivity index is 0.00000243. The zero-order chi connectivity index (χ0) is 18.5. The average molecular weight is 419 g/mol. The molecule has 4 atom stereocenters.